The molecule has 1 aliphatic heterocycles. The molecule has 134 valence electrons. The number of nitriles is 1. The Morgan fingerprint density at radius 2 is 2.00 bits per heavy atom. The Hall–Kier alpha value is -3.39. The number of fused-ring (bicyclic) bond motifs is 1. The highest BCUT2D eigenvalue weighted by Crippen LogP contribution is 2.29. The van der Waals surface area contributed by atoms with Gasteiger partial charge in [0.1, 0.15) is 18.2 Å². The lowest BCUT2D eigenvalue weighted by molar-refractivity contribution is 0.705. The number of nitrogens with one attached hydrogen (secondary N) is 1. The largest absolute Gasteiger partial charge is 0.366 e. The average Bonchev–Trinajstić information content (AvgIpc) is 2.72. The van der Waals surface area contributed by atoms with Crippen molar-refractivity contribution in [1.29, 1.82) is 5.26 Å². The van der Waals surface area contributed by atoms with Gasteiger partial charge in [0.15, 0.2) is 0 Å². The SMILES string of the molecule is Cc1ccc(N2CCc3ncnc(NCc4ccccc4)c3C2)c(C#N)c1. The van der Waals surface area contributed by atoms with Crippen molar-refractivity contribution >= 4 is 11.5 Å². The molecular formula is C22H21N5. The Morgan fingerprint density at radius 3 is 2.81 bits per heavy atom. The van der Waals surface area contributed by atoms with E-state index >= 15 is 0 Å². The normalized spacial score (nSPS) is 13.0. The first-order chi connectivity index (χ1) is 13.2. The fraction of sp³-hybridized carbons (Fsp3) is 0.227. The summed E-state index contributed by atoms with van der Waals surface area (Å²) in [7, 11) is 0. The molecular weight excluding hydrogens is 334 g/mol. The smallest absolute Gasteiger partial charge is 0.134 e. The first-order valence-electron chi connectivity index (χ1n) is 9.11. The van der Waals surface area contributed by atoms with Gasteiger partial charge in [0, 0.05) is 31.6 Å². The Balaban J connectivity index is 1.59. The van der Waals surface area contributed by atoms with Gasteiger partial charge < -0.3 is 10.2 Å². The molecule has 0 saturated heterocycles. The third-order valence-electron chi connectivity index (χ3n) is 4.92. The minimum Gasteiger partial charge on any atom is -0.366 e. The molecule has 1 N–H and O–H groups in total. The summed E-state index contributed by atoms with van der Waals surface area (Å²) in [4.78, 5) is 11.2. The van der Waals surface area contributed by atoms with Crippen LogP contribution in [0.15, 0.2) is 54.9 Å². The van der Waals surface area contributed by atoms with E-state index in [-0.39, 0.29) is 0 Å². The van der Waals surface area contributed by atoms with Gasteiger partial charge in [-0.25, -0.2) is 9.97 Å². The predicted octanol–water partition coefficient (Wildman–Crippen LogP) is 3.83. The van der Waals surface area contributed by atoms with Crippen molar-refractivity contribution in [2.45, 2.75) is 26.4 Å². The maximum absolute atomic E-state index is 9.52. The molecule has 1 aliphatic rings. The molecule has 0 unspecified atom stereocenters. The number of benzene rings is 2. The summed E-state index contributed by atoms with van der Waals surface area (Å²) in [5, 5.41) is 13.0. The molecule has 0 radical (unpaired) electrons. The minimum atomic E-state index is 0.699. The van der Waals surface area contributed by atoms with Crippen LogP contribution in [-0.2, 0) is 19.5 Å². The summed E-state index contributed by atoms with van der Waals surface area (Å²) in [6.07, 6.45) is 2.48. The molecule has 4 rings (SSSR count). The van der Waals surface area contributed by atoms with Crippen LogP contribution in [0.4, 0.5) is 11.5 Å². The van der Waals surface area contributed by atoms with Gasteiger partial charge in [0.25, 0.3) is 0 Å². The highest BCUT2D eigenvalue weighted by molar-refractivity contribution is 5.62. The van der Waals surface area contributed by atoms with Gasteiger partial charge in [-0.05, 0) is 30.2 Å². The number of aryl methyl sites for hydroxylation is 1. The fourth-order valence-corrected chi connectivity index (χ4v) is 3.50. The van der Waals surface area contributed by atoms with Crippen LogP contribution in [0.5, 0.6) is 0 Å². The van der Waals surface area contributed by atoms with Crippen molar-refractivity contribution in [3.05, 3.63) is 82.8 Å². The van der Waals surface area contributed by atoms with E-state index in [4.69, 9.17) is 0 Å². The number of hydrogen-bond donors (Lipinski definition) is 1. The molecule has 0 saturated carbocycles. The topological polar surface area (TPSA) is 64.8 Å². The standard InChI is InChI=1S/C22H21N5/c1-16-7-8-21(18(11-16)12-23)27-10-9-20-19(14-27)22(26-15-25-20)24-13-17-5-3-2-4-6-17/h2-8,11,15H,9-10,13-14H2,1H3,(H,24,25,26). The first-order valence-corrected chi connectivity index (χ1v) is 9.11. The predicted molar refractivity (Wildman–Crippen MR) is 106 cm³/mol. The molecule has 0 aliphatic carbocycles. The monoisotopic (exact) mass is 355 g/mol. The number of rotatable bonds is 4. The molecule has 0 bridgehead atoms. The zero-order valence-electron chi connectivity index (χ0n) is 15.3. The van der Waals surface area contributed by atoms with E-state index in [2.05, 4.69) is 44.5 Å². The quantitative estimate of drug-likeness (QED) is 0.770. The molecule has 2 heterocycles. The molecule has 3 aromatic rings. The summed E-state index contributed by atoms with van der Waals surface area (Å²) in [5.41, 5.74) is 6.20. The van der Waals surface area contributed by atoms with Gasteiger partial charge in [-0.1, -0.05) is 36.4 Å². The van der Waals surface area contributed by atoms with Crippen LogP contribution in [-0.4, -0.2) is 16.5 Å². The van der Waals surface area contributed by atoms with Gasteiger partial charge in [-0.3, -0.25) is 0 Å². The number of hydrogen-bond acceptors (Lipinski definition) is 5. The van der Waals surface area contributed by atoms with Crippen molar-refractivity contribution in [1.82, 2.24) is 9.97 Å². The average molecular weight is 355 g/mol. The molecule has 0 spiro atoms. The zero-order valence-corrected chi connectivity index (χ0v) is 15.3. The van der Waals surface area contributed by atoms with Crippen LogP contribution in [0.2, 0.25) is 0 Å². The van der Waals surface area contributed by atoms with Crippen LogP contribution < -0.4 is 10.2 Å². The van der Waals surface area contributed by atoms with Gasteiger partial charge in [-0.2, -0.15) is 5.26 Å². The van der Waals surface area contributed by atoms with Crippen molar-refractivity contribution in [3.63, 3.8) is 0 Å². The Kier molecular flexibility index (Phi) is 4.71. The lowest BCUT2D eigenvalue weighted by Crippen LogP contribution is -2.32. The van der Waals surface area contributed by atoms with E-state index in [0.29, 0.717) is 12.1 Å². The van der Waals surface area contributed by atoms with Crippen molar-refractivity contribution < 1.29 is 0 Å². The van der Waals surface area contributed by atoms with E-state index in [1.807, 2.05) is 37.3 Å². The van der Waals surface area contributed by atoms with Gasteiger partial charge in [-0.15, -0.1) is 0 Å². The van der Waals surface area contributed by atoms with Crippen LogP contribution in [0.25, 0.3) is 0 Å². The summed E-state index contributed by atoms with van der Waals surface area (Å²) >= 11 is 0. The Labute approximate surface area is 159 Å². The van der Waals surface area contributed by atoms with E-state index < -0.39 is 0 Å². The van der Waals surface area contributed by atoms with E-state index in [1.54, 1.807) is 6.33 Å². The highest BCUT2D eigenvalue weighted by atomic mass is 15.2. The van der Waals surface area contributed by atoms with Crippen LogP contribution in [0.1, 0.15) is 27.9 Å². The van der Waals surface area contributed by atoms with Crippen molar-refractivity contribution in [2.24, 2.45) is 0 Å². The van der Waals surface area contributed by atoms with Crippen LogP contribution in [0.3, 0.4) is 0 Å². The van der Waals surface area contributed by atoms with Gasteiger partial charge in [0.05, 0.1) is 16.9 Å². The summed E-state index contributed by atoms with van der Waals surface area (Å²) < 4.78 is 0. The molecule has 5 nitrogen and oxygen atoms in total. The second-order valence-electron chi connectivity index (χ2n) is 6.79. The second kappa shape index (κ2) is 7.46. The second-order valence-corrected chi connectivity index (χ2v) is 6.79. The highest BCUT2D eigenvalue weighted by Gasteiger charge is 2.23. The maximum atomic E-state index is 9.52. The molecule has 5 heteroatoms. The zero-order chi connectivity index (χ0) is 18.6. The van der Waals surface area contributed by atoms with E-state index in [1.165, 1.54) is 5.56 Å². The van der Waals surface area contributed by atoms with Crippen molar-refractivity contribution in [3.8, 4) is 6.07 Å². The molecule has 0 fully saturated rings. The molecule has 1 aromatic heterocycles. The molecule has 0 amide bonds. The molecule has 0 atom stereocenters. The van der Waals surface area contributed by atoms with Gasteiger partial charge in [0.2, 0.25) is 0 Å². The third kappa shape index (κ3) is 3.61. The fourth-order valence-electron chi connectivity index (χ4n) is 3.50. The molecule has 2 aromatic carbocycles. The van der Waals surface area contributed by atoms with Crippen LogP contribution >= 0.6 is 0 Å². The first kappa shape index (κ1) is 17.0. The van der Waals surface area contributed by atoms with Gasteiger partial charge >= 0.3 is 0 Å². The minimum absolute atomic E-state index is 0.699. The van der Waals surface area contributed by atoms with Crippen LogP contribution in [0, 0.1) is 18.3 Å². The summed E-state index contributed by atoms with van der Waals surface area (Å²) in [5.74, 6) is 0.874. The summed E-state index contributed by atoms with van der Waals surface area (Å²) in [6.45, 7) is 4.28. The van der Waals surface area contributed by atoms with Crippen molar-refractivity contribution in [2.75, 3.05) is 16.8 Å². The number of nitrogens with zero attached hydrogens (tertiary/aromatic N) is 4. The Morgan fingerprint density at radius 1 is 1.15 bits per heavy atom. The van der Waals surface area contributed by atoms with E-state index in [0.717, 1.165) is 47.8 Å². The van der Waals surface area contributed by atoms with E-state index in [9.17, 15) is 5.26 Å². The number of aromatic nitrogens is 2. The lowest BCUT2D eigenvalue weighted by Gasteiger charge is -2.31. The maximum Gasteiger partial charge on any atom is 0.134 e. The Bertz CT molecular complexity index is 991. The summed E-state index contributed by atoms with van der Waals surface area (Å²) in [6, 6.07) is 18.7. The molecule has 27 heavy (non-hydrogen) atoms. The number of anilines is 2. The third-order valence-corrected chi connectivity index (χ3v) is 4.92. The lowest BCUT2D eigenvalue weighted by atomic mass is 10.0.